The zero-order valence-corrected chi connectivity index (χ0v) is 9.89. The molecule has 1 fully saturated rings. The van der Waals surface area contributed by atoms with Crippen LogP contribution >= 0.6 is 0 Å². The van der Waals surface area contributed by atoms with Crippen molar-refractivity contribution in [2.45, 2.75) is 51.9 Å². The molecule has 1 aliphatic heterocycles. The minimum Gasteiger partial charge on any atom is -0.388 e. The van der Waals surface area contributed by atoms with Crippen LogP contribution in [0.5, 0.6) is 0 Å². The molecule has 1 aromatic heterocycles. The van der Waals surface area contributed by atoms with E-state index in [9.17, 15) is 5.11 Å². The maximum Gasteiger partial charge on any atom is 0.162 e. The Bertz CT molecular complexity index is 343. The zero-order valence-electron chi connectivity index (χ0n) is 9.89. The number of nitrogens with zero attached hydrogens (tertiary/aromatic N) is 3. The van der Waals surface area contributed by atoms with Crippen LogP contribution in [0.3, 0.4) is 0 Å². The highest BCUT2D eigenvalue weighted by molar-refractivity contribution is 5.01. The van der Waals surface area contributed by atoms with Gasteiger partial charge in [-0.3, -0.25) is 0 Å². The van der Waals surface area contributed by atoms with Crippen LogP contribution in [0.25, 0.3) is 0 Å². The first-order valence-electron chi connectivity index (χ1n) is 5.90. The van der Waals surface area contributed by atoms with E-state index in [2.05, 4.69) is 24.0 Å². The third kappa shape index (κ3) is 2.10. The molecule has 0 radical (unpaired) electrons. The van der Waals surface area contributed by atoms with Crippen LogP contribution < -0.4 is 0 Å². The van der Waals surface area contributed by atoms with Gasteiger partial charge < -0.3 is 14.4 Å². The van der Waals surface area contributed by atoms with Gasteiger partial charge in [0, 0.05) is 12.6 Å². The molecule has 1 aliphatic rings. The fourth-order valence-corrected chi connectivity index (χ4v) is 2.17. The molecular weight excluding hydrogens is 206 g/mol. The lowest BCUT2D eigenvalue weighted by molar-refractivity contribution is 0.00635. The Labute approximate surface area is 95.4 Å². The Balaban J connectivity index is 2.28. The van der Waals surface area contributed by atoms with Gasteiger partial charge in [-0.15, -0.1) is 10.2 Å². The number of ether oxygens (including phenoxy) is 1. The van der Waals surface area contributed by atoms with E-state index in [-0.39, 0.29) is 18.8 Å². The summed E-state index contributed by atoms with van der Waals surface area (Å²) in [6.07, 6.45) is 3.34. The summed E-state index contributed by atoms with van der Waals surface area (Å²) in [5, 5.41) is 17.4. The van der Waals surface area contributed by atoms with E-state index in [1.165, 1.54) is 6.42 Å². The van der Waals surface area contributed by atoms with Crippen LogP contribution in [0.1, 0.15) is 56.9 Å². The molecule has 5 nitrogen and oxygen atoms in total. The molecule has 0 bridgehead atoms. The highest BCUT2D eigenvalue weighted by Crippen LogP contribution is 2.28. The molecule has 5 heteroatoms. The molecule has 90 valence electrons. The first kappa shape index (κ1) is 11.5. The Morgan fingerprint density at radius 2 is 2.25 bits per heavy atom. The minimum atomic E-state index is -0.0715. The number of hydrogen-bond donors (Lipinski definition) is 1. The Kier molecular flexibility index (Phi) is 3.56. The summed E-state index contributed by atoms with van der Waals surface area (Å²) in [6.45, 7) is 4.85. The molecule has 0 aromatic carbocycles. The highest BCUT2D eigenvalue weighted by Gasteiger charge is 2.24. The van der Waals surface area contributed by atoms with Gasteiger partial charge in [0.1, 0.15) is 12.7 Å². The van der Waals surface area contributed by atoms with Crippen LogP contribution in [0.15, 0.2) is 0 Å². The summed E-state index contributed by atoms with van der Waals surface area (Å²) in [4.78, 5) is 0. The van der Waals surface area contributed by atoms with Crippen LogP contribution in [0, 0.1) is 0 Å². The van der Waals surface area contributed by atoms with E-state index in [1.54, 1.807) is 0 Å². The first-order valence-corrected chi connectivity index (χ1v) is 5.90. The predicted molar refractivity (Wildman–Crippen MR) is 58.9 cm³/mol. The van der Waals surface area contributed by atoms with E-state index in [4.69, 9.17) is 4.74 Å². The molecule has 1 unspecified atom stereocenters. The van der Waals surface area contributed by atoms with Gasteiger partial charge in [0.2, 0.25) is 0 Å². The molecule has 16 heavy (non-hydrogen) atoms. The van der Waals surface area contributed by atoms with E-state index >= 15 is 0 Å². The second-order valence-corrected chi connectivity index (χ2v) is 4.45. The Morgan fingerprint density at radius 3 is 2.81 bits per heavy atom. The number of rotatable bonds is 3. The summed E-state index contributed by atoms with van der Waals surface area (Å²) >= 11 is 0. The smallest absolute Gasteiger partial charge is 0.162 e. The molecule has 0 aliphatic carbocycles. The van der Waals surface area contributed by atoms with Gasteiger partial charge in [-0.05, 0) is 33.1 Å². The van der Waals surface area contributed by atoms with Crippen LogP contribution in [-0.4, -0.2) is 26.5 Å². The lowest BCUT2D eigenvalue weighted by Crippen LogP contribution is -2.18. The van der Waals surface area contributed by atoms with E-state index in [1.807, 2.05) is 4.57 Å². The second-order valence-electron chi connectivity index (χ2n) is 4.45. The molecule has 2 heterocycles. The second kappa shape index (κ2) is 4.93. The largest absolute Gasteiger partial charge is 0.388 e. The maximum atomic E-state index is 9.21. The average molecular weight is 225 g/mol. The quantitative estimate of drug-likeness (QED) is 0.848. The standard InChI is InChI=1S/C11H19N3O2/c1-8(2)14-10(7-15)12-13-11(14)9-5-3-4-6-16-9/h8-9,15H,3-7H2,1-2H3. The molecular formula is C11H19N3O2. The Morgan fingerprint density at radius 1 is 1.44 bits per heavy atom. The number of aromatic nitrogens is 3. The van der Waals surface area contributed by atoms with Gasteiger partial charge in [-0.2, -0.15) is 0 Å². The van der Waals surface area contributed by atoms with Crippen molar-refractivity contribution in [1.29, 1.82) is 0 Å². The summed E-state index contributed by atoms with van der Waals surface area (Å²) in [5.41, 5.74) is 0. The van der Waals surface area contributed by atoms with Crippen molar-refractivity contribution in [1.82, 2.24) is 14.8 Å². The van der Waals surface area contributed by atoms with Crippen molar-refractivity contribution >= 4 is 0 Å². The first-order chi connectivity index (χ1) is 7.74. The van der Waals surface area contributed by atoms with Crippen molar-refractivity contribution < 1.29 is 9.84 Å². The molecule has 0 saturated carbocycles. The molecule has 2 rings (SSSR count). The topological polar surface area (TPSA) is 60.2 Å². The summed E-state index contributed by atoms with van der Waals surface area (Å²) in [5.74, 6) is 1.48. The zero-order chi connectivity index (χ0) is 11.5. The summed E-state index contributed by atoms with van der Waals surface area (Å²) in [6, 6.07) is 0.248. The van der Waals surface area contributed by atoms with Gasteiger partial charge in [0.05, 0.1) is 0 Å². The third-order valence-corrected chi connectivity index (χ3v) is 2.92. The number of aliphatic hydroxyl groups excluding tert-OH is 1. The molecule has 0 spiro atoms. The van der Waals surface area contributed by atoms with Crippen molar-refractivity contribution in [3.8, 4) is 0 Å². The average Bonchev–Trinajstić information content (AvgIpc) is 2.73. The van der Waals surface area contributed by atoms with Crippen LogP contribution in [0.2, 0.25) is 0 Å². The predicted octanol–water partition coefficient (Wildman–Crippen LogP) is 1.59. The highest BCUT2D eigenvalue weighted by atomic mass is 16.5. The van der Waals surface area contributed by atoms with Gasteiger partial charge in [-0.25, -0.2) is 0 Å². The number of hydrogen-bond acceptors (Lipinski definition) is 4. The van der Waals surface area contributed by atoms with E-state index < -0.39 is 0 Å². The Hall–Kier alpha value is -0.940. The van der Waals surface area contributed by atoms with Crippen molar-refractivity contribution in [2.24, 2.45) is 0 Å². The fourth-order valence-electron chi connectivity index (χ4n) is 2.17. The van der Waals surface area contributed by atoms with Crippen molar-refractivity contribution in [3.63, 3.8) is 0 Å². The molecule has 1 aromatic rings. The summed E-state index contributed by atoms with van der Waals surface area (Å²) in [7, 11) is 0. The van der Waals surface area contributed by atoms with Gasteiger partial charge in [0.15, 0.2) is 11.6 Å². The summed E-state index contributed by atoms with van der Waals surface area (Å²) < 4.78 is 7.69. The van der Waals surface area contributed by atoms with Crippen LogP contribution in [-0.2, 0) is 11.3 Å². The van der Waals surface area contributed by atoms with Gasteiger partial charge in [-0.1, -0.05) is 0 Å². The van der Waals surface area contributed by atoms with Crippen molar-refractivity contribution in [3.05, 3.63) is 11.6 Å². The molecule has 1 saturated heterocycles. The lowest BCUT2D eigenvalue weighted by Gasteiger charge is -2.24. The molecule has 0 amide bonds. The lowest BCUT2D eigenvalue weighted by atomic mass is 10.1. The fraction of sp³-hybridized carbons (Fsp3) is 0.818. The number of aliphatic hydroxyl groups is 1. The maximum absolute atomic E-state index is 9.21. The molecule has 1 atom stereocenters. The van der Waals surface area contributed by atoms with Crippen molar-refractivity contribution in [2.75, 3.05) is 6.61 Å². The minimum absolute atomic E-state index is 0.0453. The monoisotopic (exact) mass is 225 g/mol. The molecule has 1 N–H and O–H groups in total. The van der Waals surface area contributed by atoms with Gasteiger partial charge >= 0.3 is 0 Å². The normalized spacial score (nSPS) is 21.6. The van der Waals surface area contributed by atoms with Gasteiger partial charge in [0.25, 0.3) is 0 Å². The van der Waals surface area contributed by atoms with E-state index in [0.29, 0.717) is 5.82 Å². The van der Waals surface area contributed by atoms with Crippen LogP contribution in [0.4, 0.5) is 0 Å². The SMILES string of the molecule is CC(C)n1c(CO)nnc1C1CCCCO1. The van der Waals surface area contributed by atoms with E-state index in [0.717, 1.165) is 25.3 Å². The third-order valence-electron chi connectivity index (χ3n) is 2.92.